The maximum absolute atomic E-state index is 11.3. The Hall–Kier alpha value is -0.330. The molecule has 0 aliphatic rings. The quantitative estimate of drug-likeness (QED) is 0.833. The van der Waals surface area contributed by atoms with E-state index in [0.717, 1.165) is 10.6 Å². The van der Waals surface area contributed by atoms with Gasteiger partial charge in [0.25, 0.3) is 0 Å². The van der Waals surface area contributed by atoms with E-state index in [2.05, 4.69) is 9.71 Å². The van der Waals surface area contributed by atoms with Gasteiger partial charge >= 0.3 is 0 Å². The number of aromatic nitrogens is 1. The van der Waals surface area contributed by atoms with Crippen LogP contribution in [0.25, 0.3) is 0 Å². The third-order valence-corrected chi connectivity index (χ3v) is 4.39. The molecule has 1 heterocycles. The molecule has 14 heavy (non-hydrogen) atoms. The lowest BCUT2D eigenvalue weighted by molar-refractivity contribution is 0.602. The maximum Gasteiger partial charge on any atom is 0.235 e. The van der Waals surface area contributed by atoms with Crippen LogP contribution in [0.3, 0.4) is 0 Å². The predicted molar refractivity (Wildman–Crippen MR) is 59.7 cm³/mol. The van der Waals surface area contributed by atoms with E-state index < -0.39 is 10.0 Å². The lowest BCUT2D eigenvalue weighted by atomic mass is 10.4. The summed E-state index contributed by atoms with van der Waals surface area (Å²) in [5, 5.41) is 0.408. The van der Waals surface area contributed by atoms with Crippen molar-refractivity contribution in [2.24, 2.45) is 0 Å². The topological polar surface area (TPSA) is 59.1 Å². The van der Waals surface area contributed by atoms with Gasteiger partial charge in [-0.25, -0.2) is 13.4 Å². The number of nitrogens with zero attached hydrogens (tertiary/aromatic N) is 1. The van der Waals surface area contributed by atoms with E-state index in [0.29, 0.717) is 5.13 Å². The summed E-state index contributed by atoms with van der Waals surface area (Å²) < 4.78 is 25.0. The summed E-state index contributed by atoms with van der Waals surface area (Å²) >= 11 is 6.68. The molecule has 0 radical (unpaired) electrons. The molecule has 4 nitrogen and oxygen atoms in total. The third kappa shape index (κ3) is 3.11. The smallest absolute Gasteiger partial charge is 0.235 e. The molecule has 0 aliphatic heterocycles. The first kappa shape index (κ1) is 11.7. The summed E-state index contributed by atoms with van der Waals surface area (Å²) in [5.41, 5.74) is 0.846. The minimum atomic E-state index is -3.32. The Labute approximate surface area is 92.4 Å². The minimum absolute atomic E-state index is 0.0820. The molecule has 0 aromatic carbocycles. The van der Waals surface area contributed by atoms with Crippen LogP contribution in [0.1, 0.15) is 10.6 Å². The van der Waals surface area contributed by atoms with Crippen LogP contribution in [-0.2, 0) is 10.0 Å². The normalized spacial score (nSPS) is 11.6. The van der Waals surface area contributed by atoms with Gasteiger partial charge in [-0.15, -0.1) is 22.9 Å². The Kier molecular flexibility index (Phi) is 3.74. The second-order valence-electron chi connectivity index (χ2n) is 2.77. The van der Waals surface area contributed by atoms with E-state index in [1.807, 2.05) is 13.8 Å². The molecular weight excluding hydrogens is 244 g/mol. The predicted octanol–water partition coefficient (Wildman–Crippen LogP) is 1.74. The van der Waals surface area contributed by atoms with E-state index in [9.17, 15) is 8.42 Å². The summed E-state index contributed by atoms with van der Waals surface area (Å²) in [4.78, 5) is 5.07. The average Bonchev–Trinajstić information content (AvgIpc) is 2.29. The van der Waals surface area contributed by atoms with Gasteiger partial charge in [0.2, 0.25) is 10.0 Å². The molecule has 0 unspecified atom stereocenters. The highest BCUT2D eigenvalue weighted by molar-refractivity contribution is 7.92. The van der Waals surface area contributed by atoms with Crippen molar-refractivity contribution in [1.29, 1.82) is 0 Å². The Bertz CT molecular complexity index is 394. The molecule has 0 atom stereocenters. The summed E-state index contributed by atoms with van der Waals surface area (Å²) in [6, 6.07) is 0. The SMILES string of the molecule is Cc1nc(NS(=O)(=O)CCCl)sc1C. The number of hydrogen-bond donors (Lipinski definition) is 1. The summed E-state index contributed by atoms with van der Waals surface area (Å²) in [5.74, 6) is -0.00902. The van der Waals surface area contributed by atoms with Crippen LogP contribution in [0.5, 0.6) is 0 Å². The van der Waals surface area contributed by atoms with Crippen molar-refractivity contribution in [3.63, 3.8) is 0 Å². The molecule has 0 aliphatic carbocycles. The van der Waals surface area contributed by atoms with E-state index in [1.165, 1.54) is 11.3 Å². The fourth-order valence-corrected chi connectivity index (χ4v) is 3.24. The number of aryl methyl sites for hydroxylation is 2. The second-order valence-corrected chi connectivity index (χ2v) is 6.19. The number of anilines is 1. The number of rotatable bonds is 4. The van der Waals surface area contributed by atoms with E-state index >= 15 is 0 Å². The van der Waals surface area contributed by atoms with Crippen molar-refractivity contribution < 1.29 is 8.42 Å². The lowest BCUT2D eigenvalue weighted by Gasteiger charge is -2.01. The zero-order chi connectivity index (χ0) is 10.8. The van der Waals surface area contributed by atoms with Crippen molar-refractivity contribution in [2.45, 2.75) is 13.8 Å². The largest absolute Gasteiger partial charge is 0.259 e. The van der Waals surface area contributed by atoms with E-state index in [4.69, 9.17) is 11.6 Å². The van der Waals surface area contributed by atoms with Crippen LogP contribution >= 0.6 is 22.9 Å². The maximum atomic E-state index is 11.3. The molecule has 0 bridgehead atoms. The van der Waals surface area contributed by atoms with Crippen molar-refractivity contribution in [3.8, 4) is 0 Å². The fraction of sp³-hybridized carbons (Fsp3) is 0.571. The van der Waals surface area contributed by atoms with E-state index in [-0.39, 0.29) is 11.6 Å². The Balaban J connectivity index is 2.79. The second kappa shape index (κ2) is 4.46. The molecule has 1 aromatic heterocycles. The van der Waals surface area contributed by atoms with E-state index in [1.54, 1.807) is 0 Å². The average molecular weight is 255 g/mol. The highest BCUT2D eigenvalue weighted by Gasteiger charge is 2.12. The number of hydrogen-bond acceptors (Lipinski definition) is 4. The van der Waals surface area contributed by atoms with Gasteiger partial charge in [-0.2, -0.15) is 0 Å². The summed E-state index contributed by atoms with van der Waals surface area (Å²) in [6.07, 6.45) is 0. The van der Waals surface area contributed by atoms with Gasteiger partial charge in [0.15, 0.2) is 5.13 Å². The van der Waals surface area contributed by atoms with Crippen molar-refractivity contribution in [2.75, 3.05) is 16.4 Å². The Morgan fingerprint density at radius 2 is 2.14 bits per heavy atom. The monoisotopic (exact) mass is 254 g/mol. The standard InChI is InChI=1S/C7H11ClN2O2S2/c1-5-6(2)13-7(9-5)10-14(11,12)4-3-8/h3-4H2,1-2H3,(H,9,10). The molecule has 1 rings (SSSR count). The zero-order valence-corrected chi connectivity index (χ0v) is 10.3. The number of halogens is 1. The number of sulfonamides is 1. The first-order chi connectivity index (χ1) is 6.44. The number of nitrogens with one attached hydrogen (secondary N) is 1. The molecule has 0 spiro atoms. The van der Waals surface area contributed by atoms with Crippen LogP contribution in [-0.4, -0.2) is 25.0 Å². The van der Waals surface area contributed by atoms with Gasteiger partial charge in [-0.05, 0) is 13.8 Å². The highest BCUT2D eigenvalue weighted by Crippen LogP contribution is 2.21. The lowest BCUT2D eigenvalue weighted by Crippen LogP contribution is -2.17. The van der Waals surface area contributed by atoms with Gasteiger partial charge in [-0.1, -0.05) is 0 Å². The fourth-order valence-electron chi connectivity index (χ4n) is 0.802. The van der Waals surface area contributed by atoms with Crippen molar-refractivity contribution in [1.82, 2.24) is 4.98 Å². The van der Waals surface area contributed by atoms with Crippen LogP contribution in [0, 0.1) is 13.8 Å². The highest BCUT2D eigenvalue weighted by atomic mass is 35.5. The minimum Gasteiger partial charge on any atom is -0.259 e. The Morgan fingerprint density at radius 1 is 1.50 bits per heavy atom. The van der Waals surface area contributed by atoms with Crippen LogP contribution in [0.15, 0.2) is 0 Å². The summed E-state index contributed by atoms with van der Waals surface area (Å²) in [7, 11) is -3.32. The number of alkyl halides is 1. The van der Waals surface area contributed by atoms with Gasteiger partial charge in [0.05, 0.1) is 11.4 Å². The van der Waals surface area contributed by atoms with Gasteiger partial charge in [0.1, 0.15) is 0 Å². The zero-order valence-electron chi connectivity index (χ0n) is 7.87. The molecule has 0 saturated heterocycles. The first-order valence-corrected chi connectivity index (χ1v) is 6.95. The first-order valence-electron chi connectivity index (χ1n) is 3.95. The van der Waals surface area contributed by atoms with Crippen molar-refractivity contribution in [3.05, 3.63) is 10.6 Å². The molecule has 7 heteroatoms. The van der Waals surface area contributed by atoms with Crippen LogP contribution < -0.4 is 4.72 Å². The van der Waals surface area contributed by atoms with Gasteiger partial charge in [-0.3, -0.25) is 4.72 Å². The Morgan fingerprint density at radius 3 is 2.57 bits per heavy atom. The van der Waals surface area contributed by atoms with Gasteiger partial charge in [0, 0.05) is 10.8 Å². The summed E-state index contributed by atoms with van der Waals surface area (Å²) in [6.45, 7) is 3.73. The van der Waals surface area contributed by atoms with Crippen molar-refractivity contribution >= 4 is 38.1 Å². The molecule has 1 N–H and O–H groups in total. The molecule has 0 fully saturated rings. The molecule has 80 valence electrons. The van der Waals surface area contributed by atoms with Gasteiger partial charge < -0.3 is 0 Å². The molecule has 0 saturated carbocycles. The molecular formula is C7H11ClN2O2S2. The molecule has 1 aromatic rings. The third-order valence-electron chi connectivity index (χ3n) is 1.62. The molecule has 0 amide bonds. The van der Waals surface area contributed by atoms with Crippen LogP contribution in [0.4, 0.5) is 5.13 Å². The van der Waals surface area contributed by atoms with Crippen LogP contribution in [0.2, 0.25) is 0 Å². The number of thiazole rings is 1.